The van der Waals surface area contributed by atoms with Gasteiger partial charge in [0.25, 0.3) is 0 Å². The van der Waals surface area contributed by atoms with Gasteiger partial charge in [-0.2, -0.15) is 0 Å². The quantitative estimate of drug-likeness (QED) is 0.655. The average molecular weight is 351 g/mol. The third-order valence-corrected chi connectivity index (χ3v) is 6.50. The molecular formula is C16H22N4OS2. The lowest BCUT2D eigenvalue weighted by Gasteiger charge is -2.33. The lowest BCUT2D eigenvalue weighted by molar-refractivity contribution is -0.115. The van der Waals surface area contributed by atoms with Crippen LogP contribution in [0.1, 0.15) is 37.6 Å². The van der Waals surface area contributed by atoms with Gasteiger partial charge in [0.05, 0.1) is 11.1 Å². The molecule has 0 aromatic carbocycles. The van der Waals surface area contributed by atoms with E-state index in [0.29, 0.717) is 22.3 Å². The molecule has 0 saturated carbocycles. The molecule has 0 saturated heterocycles. The molecule has 0 radical (unpaired) electrons. The van der Waals surface area contributed by atoms with Crippen LogP contribution in [0.5, 0.6) is 0 Å². The second-order valence-corrected chi connectivity index (χ2v) is 9.16. The van der Waals surface area contributed by atoms with E-state index in [-0.39, 0.29) is 11.7 Å². The predicted octanol–water partition coefficient (Wildman–Crippen LogP) is 3.00. The number of fused-ring (bicyclic) bond motifs is 3. The van der Waals surface area contributed by atoms with E-state index in [9.17, 15) is 4.79 Å². The van der Waals surface area contributed by atoms with Crippen molar-refractivity contribution in [2.24, 2.45) is 17.1 Å². The van der Waals surface area contributed by atoms with Crippen molar-refractivity contribution in [3.63, 3.8) is 0 Å². The largest absolute Gasteiger partial charge is 0.383 e. The summed E-state index contributed by atoms with van der Waals surface area (Å²) in [5.74, 6) is 0.993. The number of aryl methyl sites for hydroxylation is 1. The molecular weight excluding hydrogens is 328 g/mol. The smallest absolute Gasteiger partial charge is 0.227 e. The van der Waals surface area contributed by atoms with E-state index < -0.39 is 0 Å². The molecule has 0 bridgehead atoms. The molecule has 1 aliphatic rings. The second-order valence-electron chi connectivity index (χ2n) is 7.14. The minimum atomic E-state index is -0.379. The standard InChI is InChI=1S/C16H22N4OS2/c1-16(2,3)8-4-5-9-10(6-8)23-14-12(9)13(18)19-15(20-14)22-7-11(17)21/h8H,4-7H2,1-3H3,(H2,17,21)(H2,18,19,20)/t8-/m1/s1. The zero-order chi connectivity index (χ0) is 16.8. The van der Waals surface area contributed by atoms with Crippen molar-refractivity contribution >= 4 is 45.0 Å². The molecule has 7 heteroatoms. The van der Waals surface area contributed by atoms with Crippen LogP contribution in [0.15, 0.2) is 5.16 Å². The molecule has 0 unspecified atom stereocenters. The number of rotatable bonds is 3. The van der Waals surface area contributed by atoms with Crippen molar-refractivity contribution in [1.29, 1.82) is 0 Å². The first kappa shape index (κ1) is 16.5. The molecule has 4 N–H and O–H groups in total. The van der Waals surface area contributed by atoms with Gasteiger partial charge in [0.2, 0.25) is 5.91 Å². The monoisotopic (exact) mass is 350 g/mol. The van der Waals surface area contributed by atoms with Crippen LogP contribution in [-0.4, -0.2) is 21.6 Å². The number of hydrogen-bond donors (Lipinski definition) is 2. The van der Waals surface area contributed by atoms with Crippen molar-refractivity contribution in [2.75, 3.05) is 11.5 Å². The van der Waals surface area contributed by atoms with Gasteiger partial charge in [-0.15, -0.1) is 11.3 Å². The van der Waals surface area contributed by atoms with E-state index in [2.05, 4.69) is 30.7 Å². The number of hydrogen-bond acceptors (Lipinski definition) is 6. The Morgan fingerprint density at radius 3 is 2.78 bits per heavy atom. The highest BCUT2D eigenvalue weighted by molar-refractivity contribution is 7.99. The Labute approximate surface area is 144 Å². The zero-order valence-electron chi connectivity index (χ0n) is 13.7. The van der Waals surface area contributed by atoms with Crippen LogP contribution < -0.4 is 11.5 Å². The van der Waals surface area contributed by atoms with Gasteiger partial charge in [0, 0.05) is 4.88 Å². The molecule has 2 heterocycles. The van der Waals surface area contributed by atoms with Crippen molar-refractivity contribution in [3.05, 3.63) is 10.4 Å². The maximum absolute atomic E-state index is 10.9. The van der Waals surface area contributed by atoms with E-state index >= 15 is 0 Å². The highest BCUT2D eigenvalue weighted by atomic mass is 32.2. The molecule has 1 amide bonds. The number of carbonyl (C=O) groups excluding carboxylic acids is 1. The van der Waals surface area contributed by atoms with Crippen LogP contribution >= 0.6 is 23.1 Å². The second kappa shape index (κ2) is 5.94. The molecule has 23 heavy (non-hydrogen) atoms. The number of amides is 1. The van der Waals surface area contributed by atoms with Crippen LogP contribution in [0, 0.1) is 11.3 Å². The maximum atomic E-state index is 10.9. The van der Waals surface area contributed by atoms with Gasteiger partial charge >= 0.3 is 0 Å². The molecule has 124 valence electrons. The molecule has 0 aliphatic heterocycles. The maximum Gasteiger partial charge on any atom is 0.227 e. The van der Waals surface area contributed by atoms with Crippen LogP contribution in [0.3, 0.4) is 0 Å². The summed E-state index contributed by atoms with van der Waals surface area (Å²) in [5.41, 5.74) is 13.0. The first-order chi connectivity index (χ1) is 10.8. The van der Waals surface area contributed by atoms with Gasteiger partial charge < -0.3 is 11.5 Å². The Bertz CT molecular complexity index is 764. The van der Waals surface area contributed by atoms with Crippen LogP contribution in [0.25, 0.3) is 10.2 Å². The number of carbonyl (C=O) groups is 1. The number of thiophene rings is 1. The van der Waals surface area contributed by atoms with Crippen molar-refractivity contribution in [1.82, 2.24) is 9.97 Å². The molecule has 1 atom stereocenters. The Morgan fingerprint density at radius 2 is 2.13 bits per heavy atom. The summed E-state index contributed by atoms with van der Waals surface area (Å²) in [4.78, 5) is 22.2. The lowest BCUT2D eigenvalue weighted by Crippen LogP contribution is -2.26. The fourth-order valence-electron chi connectivity index (χ4n) is 3.12. The highest BCUT2D eigenvalue weighted by Gasteiger charge is 2.31. The van der Waals surface area contributed by atoms with Crippen LogP contribution in [-0.2, 0) is 17.6 Å². The summed E-state index contributed by atoms with van der Waals surface area (Å²) < 4.78 is 0. The van der Waals surface area contributed by atoms with Crippen molar-refractivity contribution < 1.29 is 4.79 Å². The van der Waals surface area contributed by atoms with Gasteiger partial charge in [-0.05, 0) is 36.2 Å². The normalized spacial score (nSPS) is 18.1. The first-order valence-corrected chi connectivity index (χ1v) is 9.54. The number of nitrogens with zero attached hydrogens (tertiary/aromatic N) is 2. The summed E-state index contributed by atoms with van der Waals surface area (Å²) in [6.45, 7) is 6.92. The number of anilines is 1. The number of thioether (sulfide) groups is 1. The van der Waals surface area contributed by atoms with E-state index in [0.717, 1.165) is 23.1 Å². The Balaban J connectivity index is 1.97. The van der Waals surface area contributed by atoms with Crippen LogP contribution in [0.4, 0.5) is 5.82 Å². The summed E-state index contributed by atoms with van der Waals surface area (Å²) >= 11 is 2.96. The molecule has 3 rings (SSSR count). The van der Waals surface area contributed by atoms with E-state index in [1.54, 1.807) is 11.3 Å². The lowest BCUT2D eigenvalue weighted by atomic mass is 9.72. The summed E-state index contributed by atoms with van der Waals surface area (Å²) in [7, 11) is 0. The van der Waals surface area contributed by atoms with Gasteiger partial charge in [0.1, 0.15) is 10.6 Å². The number of nitrogen functional groups attached to an aromatic ring is 1. The molecule has 2 aromatic heterocycles. The van der Waals surface area contributed by atoms with Gasteiger partial charge in [-0.25, -0.2) is 9.97 Å². The van der Waals surface area contributed by atoms with Gasteiger partial charge in [-0.3, -0.25) is 4.79 Å². The van der Waals surface area contributed by atoms with Gasteiger partial charge in [-0.1, -0.05) is 32.5 Å². The molecule has 2 aromatic rings. The number of aromatic nitrogens is 2. The van der Waals surface area contributed by atoms with E-state index in [1.807, 2.05) is 0 Å². The number of nitrogens with two attached hydrogens (primary N) is 2. The molecule has 1 aliphatic carbocycles. The highest BCUT2D eigenvalue weighted by Crippen LogP contribution is 2.44. The van der Waals surface area contributed by atoms with Crippen molar-refractivity contribution in [3.8, 4) is 0 Å². The van der Waals surface area contributed by atoms with Gasteiger partial charge in [0.15, 0.2) is 5.16 Å². The summed E-state index contributed by atoms with van der Waals surface area (Å²) in [5, 5.41) is 1.54. The van der Waals surface area contributed by atoms with E-state index in [4.69, 9.17) is 11.5 Å². The first-order valence-electron chi connectivity index (χ1n) is 7.74. The predicted molar refractivity (Wildman–Crippen MR) is 96.7 cm³/mol. The molecule has 5 nitrogen and oxygen atoms in total. The SMILES string of the molecule is CC(C)(C)[C@@H]1CCc2c(sc3nc(SCC(N)=O)nc(N)c23)C1. The Hall–Kier alpha value is -1.34. The topological polar surface area (TPSA) is 94.9 Å². The minimum absolute atomic E-state index is 0.169. The summed E-state index contributed by atoms with van der Waals surface area (Å²) in [6.07, 6.45) is 3.31. The zero-order valence-corrected chi connectivity index (χ0v) is 15.3. The molecule has 0 fully saturated rings. The van der Waals surface area contributed by atoms with E-state index in [1.165, 1.54) is 28.6 Å². The minimum Gasteiger partial charge on any atom is -0.383 e. The molecule has 0 spiro atoms. The van der Waals surface area contributed by atoms with Crippen molar-refractivity contribution in [2.45, 2.75) is 45.2 Å². The summed E-state index contributed by atoms with van der Waals surface area (Å²) in [6, 6.07) is 0. The number of primary amides is 1. The third kappa shape index (κ3) is 3.30. The Morgan fingerprint density at radius 1 is 1.39 bits per heavy atom. The third-order valence-electron chi connectivity index (χ3n) is 4.48. The Kier molecular flexibility index (Phi) is 4.27. The fourth-order valence-corrected chi connectivity index (χ4v) is 5.08. The fraction of sp³-hybridized carbons (Fsp3) is 0.562. The average Bonchev–Trinajstić information content (AvgIpc) is 2.81. The van der Waals surface area contributed by atoms with Crippen LogP contribution in [0.2, 0.25) is 0 Å².